The molecule has 3 amide bonds. The zero-order chi connectivity index (χ0) is 23.3. The molecule has 1 heterocycles. The van der Waals surface area contributed by atoms with Gasteiger partial charge in [-0.3, -0.25) is 4.79 Å². The number of carbonyl (C=O) groups is 3. The van der Waals surface area contributed by atoms with Gasteiger partial charge in [0.25, 0.3) is 0 Å². The van der Waals surface area contributed by atoms with Crippen LogP contribution in [-0.2, 0) is 11.3 Å². The summed E-state index contributed by atoms with van der Waals surface area (Å²) >= 11 is 12.2. The van der Waals surface area contributed by atoms with E-state index >= 15 is 0 Å². The van der Waals surface area contributed by atoms with Crippen LogP contribution in [0.4, 0.5) is 10.5 Å². The van der Waals surface area contributed by atoms with Gasteiger partial charge in [0.1, 0.15) is 5.69 Å². The van der Waals surface area contributed by atoms with Gasteiger partial charge in [0, 0.05) is 46.3 Å². The average molecular weight is 475 g/mol. The van der Waals surface area contributed by atoms with Crippen molar-refractivity contribution < 1.29 is 19.5 Å². The van der Waals surface area contributed by atoms with Crippen molar-refractivity contribution in [2.75, 3.05) is 11.9 Å². The minimum Gasteiger partial charge on any atom is -0.477 e. The summed E-state index contributed by atoms with van der Waals surface area (Å²) in [4.78, 5) is 38.2. The highest BCUT2D eigenvalue weighted by atomic mass is 35.5. The van der Waals surface area contributed by atoms with E-state index in [1.807, 2.05) is 6.92 Å². The number of aromatic nitrogens is 1. The summed E-state index contributed by atoms with van der Waals surface area (Å²) in [6, 6.07) is 9.77. The Morgan fingerprint density at radius 2 is 1.81 bits per heavy atom. The minimum atomic E-state index is -1.19. The van der Waals surface area contributed by atoms with Crippen molar-refractivity contribution in [3.8, 4) is 0 Å². The predicted octanol–water partition coefficient (Wildman–Crippen LogP) is 4.64. The lowest BCUT2D eigenvalue weighted by molar-refractivity contribution is -0.111. The van der Waals surface area contributed by atoms with E-state index in [-0.39, 0.29) is 22.3 Å². The van der Waals surface area contributed by atoms with Gasteiger partial charge in [0.05, 0.1) is 5.02 Å². The molecule has 0 atom stereocenters. The number of fused-ring (bicyclic) bond motifs is 1. The number of aromatic carboxylic acids is 1. The Hall–Kier alpha value is -3.49. The molecule has 10 heteroatoms. The van der Waals surface area contributed by atoms with Gasteiger partial charge < -0.3 is 26.0 Å². The maximum atomic E-state index is 12.4. The van der Waals surface area contributed by atoms with Gasteiger partial charge in [-0.05, 0) is 42.8 Å². The van der Waals surface area contributed by atoms with Crippen LogP contribution in [0.3, 0.4) is 0 Å². The van der Waals surface area contributed by atoms with Gasteiger partial charge in [-0.15, -0.1) is 0 Å². The van der Waals surface area contributed by atoms with Crippen molar-refractivity contribution in [3.63, 3.8) is 0 Å². The topological polar surface area (TPSA) is 123 Å². The number of nitrogens with one attached hydrogen (secondary N) is 4. The van der Waals surface area contributed by atoms with E-state index in [4.69, 9.17) is 23.2 Å². The lowest BCUT2D eigenvalue weighted by atomic mass is 10.1. The van der Waals surface area contributed by atoms with Crippen LogP contribution in [0.25, 0.3) is 17.0 Å². The third-order valence-electron chi connectivity index (χ3n) is 4.48. The second-order valence-corrected chi connectivity index (χ2v) is 7.61. The maximum absolute atomic E-state index is 12.4. The molecule has 0 bridgehead atoms. The molecule has 32 heavy (non-hydrogen) atoms. The van der Waals surface area contributed by atoms with Crippen LogP contribution >= 0.6 is 23.2 Å². The fraction of sp³-hybridized carbons (Fsp3) is 0.136. The van der Waals surface area contributed by atoms with Gasteiger partial charge in [-0.2, -0.15) is 0 Å². The molecule has 0 aliphatic rings. The first-order valence-corrected chi connectivity index (χ1v) is 10.4. The van der Waals surface area contributed by atoms with E-state index in [2.05, 4.69) is 20.9 Å². The standard InChI is InChI=1S/C22H20Cl2N4O4/c1-2-25-22(32)26-11-12-3-5-14(6-4-12)27-18(29)8-7-15-19-16(24)9-13(23)10-17(19)28-20(15)21(30)31/h3-10,28H,2,11H2,1H3,(H,27,29)(H,30,31)(H2,25,26,32)/b8-7+. The van der Waals surface area contributed by atoms with Gasteiger partial charge in [-0.1, -0.05) is 35.3 Å². The molecule has 0 radical (unpaired) electrons. The third-order valence-corrected chi connectivity index (χ3v) is 5.00. The second kappa shape index (κ2) is 10.2. The largest absolute Gasteiger partial charge is 0.477 e. The molecule has 0 fully saturated rings. The summed E-state index contributed by atoms with van der Waals surface area (Å²) < 4.78 is 0. The van der Waals surface area contributed by atoms with Crippen LogP contribution in [-0.4, -0.2) is 34.5 Å². The summed E-state index contributed by atoms with van der Waals surface area (Å²) in [6.07, 6.45) is 2.62. The Morgan fingerprint density at radius 1 is 1.09 bits per heavy atom. The lowest BCUT2D eigenvalue weighted by Gasteiger charge is -2.07. The number of aromatic amines is 1. The van der Waals surface area contributed by atoms with E-state index in [1.165, 1.54) is 18.2 Å². The molecule has 5 N–H and O–H groups in total. The van der Waals surface area contributed by atoms with Crippen molar-refractivity contribution in [1.29, 1.82) is 0 Å². The van der Waals surface area contributed by atoms with Crippen molar-refractivity contribution in [2.24, 2.45) is 0 Å². The number of amides is 3. The number of carboxylic acids is 1. The molecule has 1 aromatic heterocycles. The van der Waals surface area contributed by atoms with Crippen LogP contribution in [0.5, 0.6) is 0 Å². The van der Waals surface area contributed by atoms with Gasteiger partial charge in [0.15, 0.2) is 0 Å². The number of carbonyl (C=O) groups excluding carboxylic acids is 2. The highest BCUT2D eigenvalue weighted by Gasteiger charge is 2.18. The first-order chi connectivity index (χ1) is 15.3. The fourth-order valence-corrected chi connectivity index (χ4v) is 3.66. The number of halogens is 2. The summed E-state index contributed by atoms with van der Waals surface area (Å²) in [7, 11) is 0. The lowest BCUT2D eigenvalue weighted by Crippen LogP contribution is -2.34. The first kappa shape index (κ1) is 23.2. The van der Waals surface area contributed by atoms with E-state index in [9.17, 15) is 19.5 Å². The van der Waals surface area contributed by atoms with Crippen molar-refractivity contribution >= 4 is 63.8 Å². The fourth-order valence-electron chi connectivity index (χ4n) is 3.06. The Balaban J connectivity index is 1.72. The number of benzene rings is 2. The minimum absolute atomic E-state index is 0.0998. The molecular weight excluding hydrogens is 455 g/mol. The SMILES string of the molecule is CCNC(=O)NCc1ccc(NC(=O)/C=C/c2c(C(=O)O)[nH]c3cc(Cl)cc(Cl)c23)cc1. The normalized spacial score (nSPS) is 11.0. The van der Waals surface area contributed by atoms with Crippen molar-refractivity contribution in [1.82, 2.24) is 15.6 Å². The molecule has 166 valence electrons. The van der Waals surface area contributed by atoms with Crippen LogP contribution in [0.1, 0.15) is 28.5 Å². The molecule has 0 aliphatic carbocycles. The molecule has 8 nitrogen and oxygen atoms in total. The zero-order valence-corrected chi connectivity index (χ0v) is 18.5. The quantitative estimate of drug-likeness (QED) is 0.320. The van der Waals surface area contributed by atoms with Crippen LogP contribution < -0.4 is 16.0 Å². The Bertz CT molecular complexity index is 1200. The summed E-state index contributed by atoms with van der Waals surface area (Å²) in [6.45, 7) is 2.72. The van der Waals surface area contributed by atoms with Crippen molar-refractivity contribution in [2.45, 2.75) is 13.5 Å². The van der Waals surface area contributed by atoms with Crippen LogP contribution in [0.15, 0.2) is 42.5 Å². The number of hydrogen-bond donors (Lipinski definition) is 5. The van der Waals surface area contributed by atoms with Gasteiger partial charge in [0.2, 0.25) is 5.91 Å². The second-order valence-electron chi connectivity index (χ2n) is 6.76. The summed E-state index contributed by atoms with van der Waals surface area (Å²) in [5.41, 5.74) is 2.04. The average Bonchev–Trinajstić information content (AvgIpc) is 3.11. The Morgan fingerprint density at radius 3 is 2.47 bits per heavy atom. The summed E-state index contributed by atoms with van der Waals surface area (Å²) in [5, 5.41) is 18.6. The summed E-state index contributed by atoms with van der Waals surface area (Å²) in [5.74, 6) is -1.64. The zero-order valence-electron chi connectivity index (χ0n) is 17.0. The van der Waals surface area contributed by atoms with E-state index < -0.39 is 11.9 Å². The predicted molar refractivity (Wildman–Crippen MR) is 125 cm³/mol. The highest BCUT2D eigenvalue weighted by Crippen LogP contribution is 2.33. The monoisotopic (exact) mass is 474 g/mol. The smallest absolute Gasteiger partial charge is 0.352 e. The molecule has 0 aliphatic heterocycles. The van der Waals surface area contributed by atoms with E-state index in [1.54, 1.807) is 30.3 Å². The van der Waals surface area contributed by atoms with Crippen LogP contribution in [0.2, 0.25) is 10.0 Å². The van der Waals surface area contributed by atoms with Crippen molar-refractivity contribution in [3.05, 3.63) is 69.3 Å². The molecular formula is C22H20Cl2N4O4. The molecule has 2 aromatic carbocycles. The Labute approximate surface area is 193 Å². The molecule has 0 saturated heterocycles. The number of anilines is 1. The van der Waals surface area contributed by atoms with E-state index in [0.717, 1.165) is 5.56 Å². The number of rotatable bonds is 7. The Kier molecular flexibility index (Phi) is 7.40. The molecule has 0 saturated carbocycles. The number of H-pyrrole nitrogens is 1. The van der Waals surface area contributed by atoms with Crippen LogP contribution in [0, 0.1) is 0 Å². The third kappa shape index (κ3) is 5.60. The molecule has 3 aromatic rings. The molecule has 0 unspecified atom stereocenters. The van der Waals surface area contributed by atoms with Gasteiger partial charge >= 0.3 is 12.0 Å². The first-order valence-electron chi connectivity index (χ1n) is 9.62. The molecule has 0 spiro atoms. The number of carboxylic acid groups (broad SMARTS) is 1. The molecule has 3 rings (SSSR count). The maximum Gasteiger partial charge on any atom is 0.352 e. The number of urea groups is 1. The number of hydrogen-bond acceptors (Lipinski definition) is 3. The highest BCUT2D eigenvalue weighted by molar-refractivity contribution is 6.39. The van der Waals surface area contributed by atoms with E-state index in [0.29, 0.717) is 34.7 Å². The van der Waals surface area contributed by atoms with Gasteiger partial charge in [-0.25, -0.2) is 9.59 Å².